The van der Waals surface area contributed by atoms with Gasteiger partial charge in [-0.15, -0.1) is 0 Å². The first kappa shape index (κ1) is 17.3. The Labute approximate surface area is 154 Å². The highest BCUT2D eigenvalue weighted by Crippen LogP contribution is 2.45. The summed E-state index contributed by atoms with van der Waals surface area (Å²) >= 11 is 0. The maximum Gasteiger partial charge on any atom is 0.226 e. The summed E-state index contributed by atoms with van der Waals surface area (Å²) < 4.78 is 1.82. The van der Waals surface area contributed by atoms with Crippen LogP contribution >= 0.6 is 0 Å². The summed E-state index contributed by atoms with van der Waals surface area (Å²) in [5, 5.41) is 15.5. The quantitative estimate of drug-likeness (QED) is 0.856. The Balaban J connectivity index is 1.83. The van der Waals surface area contributed by atoms with Gasteiger partial charge in [0, 0.05) is 47.5 Å². The molecule has 2 N–H and O–H groups in total. The second kappa shape index (κ2) is 6.25. The van der Waals surface area contributed by atoms with Gasteiger partial charge >= 0.3 is 0 Å². The molecule has 0 saturated heterocycles. The predicted molar refractivity (Wildman–Crippen MR) is 101 cm³/mol. The van der Waals surface area contributed by atoms with Gasteiger partial charge in [-0.3, -0.25) is 14.6 Å². The van der Waals surface area contributed by atoms with E-state index in [4.69, 9.17) is 5.10 Å². The van der Waals surface area contributed by atoms with Gasteiger partial charge in [-0.2, -0.15) is 10.2 Å². The van der Waals surface area contributed by atoms with Crippen molar-refractivity contribution < 1.29 is 4.79 Å². The van der Waals surface area contributed by atoms with Crippen LogP contribution in [0.25, 0.3) is 0 Å². The lowest BCUT2D eigenvalue weighted by molar-refractivity contribution is -0.116. The number of carbonyl (C=O) groups is 1. The van der Waals surface area contributed by atoms with E-state index in [1.807, 2.05) is 17.9 Å². The van der Waals surface area contributed by atoms with Gasteiger partial charge in [-0.05, 0) is 12.8 Å². The third-order valence-electron chi connectivity index (χ3n) is 5.88. The lowest BCUT2D eigenvalue weighted by Crippen LogP contribution is -2.27. The fourth-order valence-corrected chi connectivity index (χ4v) is 4.61. The van der Waals surface area contributed by atoms with E-state index >= 15 is 0 Å². The van der Waals surface area contributed by atoms with Crippen LogP contribution in [-0.2, 0) is 17.3 Å². The van der Waals surface area contributed by atoms with E-state index in [-0.39, 0.29) is 17.2 Å². The van der Waals surface area contributed by atoms with Gasteiger partial charge in [0.15, 0.2) is 0 Å². The van der Waals surface area contributed by atoms with Gasteiger partial charge in [0.25, 0.3) is 0 Å². The number of aryl methyl sites for hydroxylation is 1. The van der Waals surface area contributed by atoms with E-state index in [0.717, 1.165) is 17.1 Å². The number of H-pyrrole nitrogens is 1. The van der Waals surface area contributed by atoms with Gasteiger partial charge < -0.3 is 5.32 Å². The van der Waals surface area contributed by atoms with Crippen LogP contribution < -0.4 is 5.32 Å². The molecule has 3 heterocycles. The highest BCUT2D eigenvalue weighted by atomic mass is 16.1. The number of nitrogens with zero attached hydrogens (tertiary/aromatic N) is 3. The third kappa shape index (κ3) is 2.85. The van der Waals surface area contributed by atoms with Crippen molar-refractivity contribution in [2.45, 2.75) is 76.5 Å². The minimum absolute atomic E-state index is 0.0253. The van der Waals surface area contributed by atoms with Crippen molar-refractivity contribution in [3.05, 3.63) is 28.7 Å². The Morgan fingerprint density at radius 1 is 1.19 bits per heavy atom. The molecule has 4 rings (SSSR count). The molecule has 0 unspecified atom stereocenters. The third-order valence-corrected chi connectivity index (χ3v) is 5.88. The number of carbonyl (C=O) groups excluding carboxylic acids is 1. The van der Waals surface area contributed by atoms with Gasteiger partial charge in [-0.1, -0.05) is 40.0 Å². The largest absolute Gasteiger partial charge is 0.311 e. The molecule has 2 aromatic rings. The molecule has 1 aliphatic carbocycles. The predicted octanol–water partition coefficient (Wildman–Crippen LogP) is 3.96. The highest BCUT2D eigenvalue weighted by molar-refractivity contribution is 5.94. The van der Waals surface area contributed by atoms with Crippen molar-refractivity contribution >= 4 is 11.7 Å². The molecule has 6 heteroatoms. The standard InChI is InChI=1S/C20H29N5O/c1-20(2,3)18-16-13(10-15(26)22-19(16)25(4)24-18)14-11-21-23-17(14)12-8-6-5-7-9-12/h11-13H,5-10H2,1-4H3,(H,21,23)(H,22,26)/t13-/m0/s1. The summed E-state index contributed by atoms with van der Waals surface area (Å²) in [7, 11) is 1.91. The van der Waals surface area contributed by atoms with Crippen LogP contribution in [0.2, 0.25) is 0 Å². The van der Waals surface area contributed by atoms with E-state index in [1.54, 1.807) is 0 Å². The topological polar surface area (TPSA) is 75.6 Å². The van der Waals surface area contributed by atoms with Crippen molar-refractivity contribution in [3.63, 3.8) is 0 Å². The Morgan fingerprint density at radius 2 is 1.92 bits per heavy atom. The number of rotatable bonds is 2. The molecule has 2 aromatic heterocycles. The van der Waals surface area contributed by atoms with Crippen molar-refractivity contribution in [2.24, 2.45) is 7.05 Å². The molecule has 1 amide bonds. The lowest BCUT2D eigenvalue weighted by Gasteiger charge is -2.29. The molecule has 2 aliphatic rings. The number of aromatic amines is 1. The van der Waals surface area contributed by atoms with E-state index in [1.165, 1.54) is 43.4 Å². The van der Waals surface area contributed by atoms with Crippen molar-refractivity contribution in [1.29, 1.82) is 0 Å². The van der Waals surface area contributed by atoms with E-state index in [2.05, 4.69) is 36.3 Å². The Morgan fingerprint density at radius 3 is 2.62 bits per heavy atom. The zero-order valence-corrected chi connectivity index (χ0v) is 16.2. The molecule has 1 aliphatic heterocycles. The molecular weight excluding hydrogens is 326 g/mol. The van der Waals surface area contributed by atoms with Gasteiger partial charge in [0.2, 0.25) is 5.91 Å². The first-order valence-corrected chi connectivity index (χ1v) is 9.76. The Hall–Kier alpha value is -2.11. The minimum Gasteiger partial charge on any atom is -0.311 e. The molecule has 0 bridgehead atoms. The highest BCUT2D eigenvalue weighted by Gasteiger charge is 2.38. The van der Waals surface area contributed by atoms with Gasteiger partial charge in [-0.25, -0.2) is 0 Å². The molecule has 6 nitrogen and oxygen atoms in total. The fraction of sp³-hybridized carbons (Fsp3) is 0.650. The first-order valence-electron chi connectivity index (χ1n) is 9.76. The average molecular weight is 355 g/mol. The van der Waals surface area contributed by atoms with Crippen LogP contribution in [0, 0.1) is 0 Å². The van der Waals surface area contributed by atoms with Crippen LogP contribution in [0.5, 0.6) is 0 Å². The summed E-state index contributed by atoms with van der Waals surface area (Å²) in [6.45, 7) is 6.54. The molecule has 1 fully saturated rings. The Bertz CT molecular complexity index is 820. The molecule has 140 valence electrons. The van der Waals surface area contributed by atoms with Crippen LogP contribution in [-0.4, -0.2) is 25.9 Å². The molecule has 1 atom stereocenters. The molecule has 1 saturated carbocycles. The van der Waals surface area contributed by atoms with Crippen LogP contribution in [0.4, 0.5) is 5.82 Å². The minimum atomic E-state index is -0.0829. The summed E-state index contributed by atoms with van der Waals surface area (Å²) in [5.41, 5.74) is 4.57. The maximum absolute atomic E-state index is 12.4. The van der Waals surface area contributed by atoms with Gasteiger partial charge in [0.05, 0.1) is 11.9 Å². The van der Waals surface area contributed by atoms with Crippen LogP contribution in [0.1, 0.15) is 93.6 Å². The van der Waals surface area contributed by atoms with E-state index < -0.39 is 0 Å². The zero-order chi connectivity index (χ0) is 18.5. The summed E-state index contributed by atoms with van der Waals surface area (Å²) in [5.74, 6) is 1.45. The molecule has 26 heavy (non-hydrogen) atoms. The number of hydrogen-bond donors (Lipinski definition) is 2. The molecule has 0 spiro atoms. The van der Waals surface area contributed by atoms with Crippen LogP contribution in [0.3, 0.4) is 0 Å². The Kier molecular flexibility index (Phi) is 4.16. The fourth-order valence-electron chi connectivity index (χ4n) is 4.61. The van der Waals surface area contributed by atoms with E-state index in [0.29, 0.717) is 12.3 Å². The number of nitrogens with one attached hydrogen (secondary N) is 2. The molecular formula is C20H29N5O. The van der Waals surface area contributed by atoms with Gasteiger partial charge in [0.1, 0.15) is 5.82 Å². The number of amides is 1. The van der Waals surface area contributed by atoms with E-state index in [9.17, 15) is 4.79 Å². The second-order valence-electron chi connectivity index (χ2n) is 8.86. The van der Waals surface area contributed by atoms with Crippen molar-refractivity contribution in [2.75, 3.05) is 5.32 Å². The van der Waals surface area contributed by atoms with Crippen LogP contribution in [0.15, 0.2) is 6.20 Å². The normalized spacial score (nSPS) is 21.5. The second-order valence-corrected chi connectivity index (χ2v) is 8.86. The lowest BCUT2D eigenvalue weighted by atomic mass is 9.77. The number of hydrogen-bond acceptors (Lipinski definition) is 3. The SMILES string of the molecule is Cn1nc(C(C)(C)C)c2c1NC(=O)C[C@H]2c1cn[nH]c1C1CCCCC1. The molecule has 0 radical (unpaired) electrons. The monoisotopic (exact) mass is 355 g/mol. The zero-order valence-electron chi connectivity index (χ0n) is 16.2. The number of fused-ring (bicyclic) bond motifs is 1. The maximum atomic E-state index is 12.4. The van der Waals surface area contributed by atoms with Crippen molar-refractivity contribution in [3.8, 4) is 0 Å². The number of aromatic nitrogens is 4. The van der Waals surface area contributed by atoms with Crippen molar-refractivity contribution in [1.82, 2.24) is 20.0 Å². The summed E-state index contributed by atoms with van der Waals surface area (Å²) in [6, 6.07) is 0. The summed E-state index contributed by atoms with van der Waals surface area (Å²) in [6.07, 6.45) is 8.70. The average Bonchev–Trinajstić information content (AvgIpc) is 3.20. The number of anilines is 1. The first-order chi connectivity index (χ1) is 12.4. The molecule has 0 aromatic carbocycles. The summed E-state index contributed by atoms with van der Waals surface area (Å²) in [4.78, 5) is 12.4. The smallest absolute Gasteiger partial charge is 0.226 e.